The van der Waals surface area contributed by atoms with Crippen molar-refractivity contribution in [2.75, 3.05) is 0 Å². The molecule has 1 saturated carbocycles. The highest BCUT2D eigenvalue weighted by Crippen LogP contribution is 2.37. The molecular formula is C11H15NO3. The topological polar surface area (TPSA) is 76.5 Å². The Morgan fingerprint density at radius 3 is 2.73 bits per heavy atom. The average Bonchev–Trinajstić information content (AvgIpc) is 2.85. The van der Waals surface area contributed by atoms with Crippen molar-refractivity contribution in [3.63, 3.8) is 0 Å². The Morgan fingerprint density at radius 2 is 2.20 bits per heavy atom. The summed E-state index contributed by atoms with van der Waals surface area (Å²) in [7, 11) is 0. The van der Waals surface area contributed by atoms with E-state index in [9.17, 15) is 4.79 Å². The first-order chi connectivity index (χ1) is 7.24. The van der Waals surface area contributed by atoms with Gasteiger partial charge in [-0.3, -0.25) is 0 Å². The van der Waals surface area contributed by atoms with Crippen LogP contribution in [-0.4, -0.2) is 11.1 Å². The molecule has 0 saturated heterocycles. The highest BCUT2D eigenvalue weighted by atomic mass is 16.4. The Morgan fingerprint density at radius 1 is 1.53 bits per heavy atom. The molecule has 0 aliphatic heterocycles. The molecule has 1 aliphatic carbocycles. The van der Waals surface area contributed by atoms with Gasteiger partial charge in [0.1, 0.15) is 11.3 Å². The van der Waals surface area contributed by atoms with Crippen LogP contribution in [0.1, 0.15) is 53.3 Å². The average molecular weight is 209 g/mol. The summed E-state index contributed by atoms with van der Waals surface area (Å²) in [6, 6.07) is 0. The molecule has 0 atom stereocenters. The van der Waals surface area contributed by atoms with Crippen molar-refractivity contribution in [1.82, 2.24) is 0 Å². The van der Waals surface area contributed by atoms with E-state index in [0.717, 1.165) is 18.4 Å². The summed E-state index contributed by atoms with van der Waals surface area (Å²) in [6.45, 7) is 0.147. The van der Waals surface area contributed by atoms with Crippen LogP contribution < -0.4 is 5.73 Å². The van der Waals surface area contributed by atoms with Gasteiger partial charge < -0.3 is 15.3 Å². The molecule has 0 bridgehead atoms. The summed E-state index contributed by atoms with van der Waals surface area (Å²) < 4.78 is 5.21. The van der Waals surface area contributed by atoms with Crippen LogP contribution in [0.25, 0.3) is 0 Å². The van der Waals surface area contributed by atoms with Crippen LogP contribution in [0.2, 0.25) is 0 Å². The second-order valence-corrected chi connectivity index (χ2v) is 3.98. The number of rotatable bonds is 3. The molecular weight excluding hydrogens is 194 g/mol. The first-order valence-electron chi connectivity index (χ1n) is 5.27. The van der Waals surface area contributed by atoms with Crippen LogP contribution in [0.15, 0.2) is 10.7 Å². The maximum absolute atomic E-state index is 11.1. The third kappa shape index (κ3) is 1.77. The minimum Gasteiger partial charge on any atom is -0.478 e. The van der Waals surface area contributed by atoms with Crippen LogP contribution in [0.4, 0.5) is 0 Å². The van der Waals surface area contributed by atoms with Gasteiger partial charge in [-0.15, -0.1) is 0 Å². The SMILES string of the molecule is NCc1occ(C2CCCC2)c1C(=O)O. The van der Waals surface area contributed by atoms with E-state index >= 15 is 0 Å². The smallest absolute Gasteiger partial charge is 0.339 e. The van der Waals surface area contributed by atoms with Crippen molar-refractivity contribution in [1.29, 1.82) is 0 Å². The molecule has 2 rings (SSSR count). The molecule has 0 unspecified atom stereocenters. The molecule has 3 N–H and O–H groups in total. The zero-order chi connectivity index (χ0) is 10.8. The fourth-order valence-corrected chi connectivity index (χ4v) is 2.34. The maximum atomic E-state index is 11.1. The summed E-state index contributed by atoms with van der Waals surface area (Å²) in [5.74, 6) is -0.185. The van der Waals surface area contributed by atoms with Gasteiger partial charge in [0.15, 0.2) is 0 Å². The number of hydrogen-bond donors (Lipinski definition) is 2. The standard InChI is InChI=1S/C11H15NO3/c12-5-9-10(11(13)14)8(6-15-9)7-3-1-2-4-7/h6-7H,1-5,12H2,(H,13,14). The number of carbonyl (C=O) groups is 1. The lowest BCUT2D eigenvalue weighted by Gasteiger charge is -2.07. The third-order valence-electron chi connectivity index (χ3n) is 3.09. The third-order valence-corrected chi connectivity index (χ3v) is 3.09. The normalized spacial score (nSPS) is 17.1. The second-order valence-electron chi connectivity index (χ2n) is 3.98. The first-order valence-corrected chi connectivity index (χ1v) is 5.27. The molecule has 0 amide bonds. The van der Waals surface area contributed by atoms with Crippen LogP contribution in [0.5, 0.6) is 0 Å². The molecule has 0 radical (unpaired) electrons. The van der Waals surface area contributed by atoms with Crippen LogP contribution in [0.3, 0.4) is 0 Å². The molecule has 1 aromatic heterocycles. The number of hydrogen-bond acceptors (Lipinski definition) is 3. The number of carboxylic acids is 1. The predicted molar refractivity (Wildman–Crippen MR) is 54.8 cm³/mol. The minimum atomic E-state index is -0.925. The molecule has 0 spiro atoms. The van der Waals surface area contributed by atoms with Crippen molar-refractivity contribution in [3.8, 4) is 0 Å². The fourth-order valence-electron chi connectivity index (χ4n) is 2.34. The molecule has 0 aromatic carbocycles. The van der Waals surface area contributed by atoms with E-state index in [1.54, 1.807) is 6.26 Å². The van der Waals surface area contributed by atoms with Gasteiger partial charge in [0.2, 0.25) is 0 Å². The zero-order valence-corrected chi connectivity index (χ0v) is 8.53. The molecule has 1 fully saturated rings. The van der Waals surface area contributed by atoms with Crippen molar-refractivity contribution in [3.05, 3.63) is 23.2 Å². The second kappa shape index (κ2) is 4.06. The summed E-state index contributed by atoms with van der Waals surface area (Å²) in [5, 5.41) is 9.11. The number of furan rings is 1. The van der Waals surface area contributed by atoms with E-state index in [1.165, 1.54) is 12.8 Å². The molecule has 15 heavy (non-hydrogen) atoms. The molecule has 4 nitrogen and oxygen atoms in total. The molecule has 82 valence electrons. The lowest BCUT2D eigenvalue weighted by Crippen LogP contribution is -2.07. The Bertz CT molecular complexity index is 364. The van der Waals surface area contributed by atoms with E-state index in [2.05, 4.69) is 0 Å². The van der Waals surface area contributed by atoms with Crippen molar-refractivity contribution < 1.29 is 14.3 Å². The quantitative estimate of drug-likeness (QED) is 0.799. The summed E-state index contributed by atoms with van der Waals surface area (Å²) >= 11 is 0. The van der Waals surface area contributed by atoms with Gasteiger partial charge in [0, 0.05) is 5.56 Å². The van der Waals surface area contributed by atoms with Gasteiger partial charge in [-0.05, 0) is 18.8 Å². The van der Waals surface area contributed by atoms with E-state index in [1.807, 2.05) is 0 Å². The van der Waals surface area contributed by atoms with Gasteiger partial charge in [0.05, 0.1) is 12.8 Å². The lowest BCUT2D eigenvalue weighted by molar-refractivity contribution is 0.0693. The number of carboxylic acid groups (broad SMARTS) is 1. The Balaban J connectivity index is 2.37. The Labute approximate surface area is 88.1 Å². The van der Waals surface area contributed by atoms with E-state index in [-0.39, 0.29) is 6.54 Å². The minimum absolute atomic E-state index is 0.147. The van der Waals surface area contributed by atoms with Crippen molar-refractivity contribution >= 4 is 5.97 Å². The largest absolute Gasteiger partial charge is 0.478 e. The highest BCUT2D eigenvalue weighted by molar-refractivity contribution is 5.90. The predicted octanol–water partition coefficient (Wildman–Crippen LogP) is 2.09. The van der Waals surface area contributed by atoms with Crippen molar-refractivity contribution in [2.45, 2.75) is 38.1 Å². The monoisotopic (exact) mass is 209 g/mol. The number of aromatic carboxylic acids is 1. The summed E-state index contributed by atoms with van der Waals surface area (Å²) in [5.41, 5.74) is 6.57. The van der Waals surface area contributed by atoms with Gasteiger partial charge in [-0.2, -0.15) is 0 Å². The summed E-state index contributed by atoms with van der Waals surface area (Å²) in [6.07, 6.45) is 6.04. The fraction of sp³-hybridized carbons (Fsp3) is 0.545. The maximum Gasteiger partial charge on any atom is 0.339 e. The van der Waals surface area contributed by atoms with Gasteiger partial charge >= 0.3 is 5.97 Å². The van der Waals surface area contributed by atoms with E-state index < -0.39 is 5.97 Å². The molecule has 1 heterocycles. The van der Waals surface area contributed by atoms with Gasteiger partial charge in [0.25, 0.3) is 0 Å². The van der Waals surface area contributed by atoms with Gasteiger partial charge in [-0.1, -0.05) is 12.8 Å². The van der Waals surface area contributed by atoms with E-state index in [0.29, 0.717) is 17.2 Å². The molecule has 1 aliphatic rings. The Hall–Kier alpha value is -1.29. The van der Waals surface area contributed by atoms with E-state index in [4.69, 9.17) is 15.3 Å². The van der Waals surface area contributed by atoms with Gasteiger partial charge in [-0.25, -0.2) is 4.79 Å². The van der Waals surface area contributed by atoms with Crippen LogP contribution in [0, 0.1) is 0 Å². The number of nitrogens with two attached hydrogens (primary N) is 1. The molecule has 1 aromatic rings. The zero-order valence-electron chi connectivity index (χ0n) is 8.53. The van der Waals surface area contributed by atoms with Crippen LogP contribution >= 0.6 is 0 Å². The highest BCUT2D eigenvalue weighted by Gasteiger charge is 2.27. The molecule has 4 heteroatoms. The van der Waals surface area contributed by atoms with Crippen LogP contribution in [-0.2, 0) is 6.54 Å². The summed E-state index contributed by atoms with van der Waals surface area (Å²) in [4.78, 5) is 11.1. The first kappa shape index (κ1) is 10.2. The van der Waals surface area contributed by atoms with Crippen molar-refractivity contribution in [2.24, 2.45) is 5.73 Å². The lowest BCUT2D eigenvalue weighted by atomic mass is 9.95. The Kier molecular flexibility index (Phi) is 2.77.